The minimum atomic E-state index is -4.69. The predicted molar refractivity (Wildman–Crippen MR) is 84.9 cm³/mol. The van der Waals surface area contributed by atoms with E-state index in [4.69, 9.17) is 5.11 Å². The number of benzene rings is 1. The monoisotopic (exact) mass is 371 g/mol. The van der Waals surface area contributed by atoms with E-state index in [-0.39, 0.29) is 29.7 Å². The normalized spacial score (nSPS) is 20.4. The van der Waals surface area contributed by atoms with Crippen molar-refractivity contribution in [2.45, 2.75) is 25.1 Å². The largest absolute Gasteiger partial charge is 0.465 e. The van der Waals surface area contributed by atoms with Crippen LogP contribution >= 0.6 is 0 Å². The highest BCUT2D eigenvalue weighted by atomic mass is 19.4. The zero-order valence-corrected chi connectivity index (χ0v) is 13.5. The van der Waals surface area contributed by atoms with Gasteiger partial charge in [-0.05, 0) is 25.0 Å². The Bertz CT molecular complexity index is 749. The van der Waals surface area contributed by atoms with Crippen LogP contribution in [0.25, 0.3) is 0 Å². The van der Waals surface area contributed by atoms with E-state index in [0.29, 0.717) is 17.7 Å². The van der Waals surface area contributed by atoms with Crippen LogP contribution in [0.4, 0.5) is 29.3 Å². The first kappa shape index (κ1) is 18.0. The first-order chi connectivity index (χ1) is 12.2. The molecule has 0 unspecified atom stereocenters. The van der Waals surface area contributed by atoms with E-state index in [2.05, 4.69) is 0 Å². The van der Waals surface area contributed by atoms with Crippen LogP contribution in [-0.2, 0) is 9.59 Å². The molecule has 3 amide bonds. The van der Waals surface area contributed by atoms with Crippen LogP contribution in [0.2, 0.25) is 0 Å². The molecule has 1 aliphatic carbocycles. The molecule has 10 heteroatoms. The third-order valence-corrected chi connectivity index (χ3v) is 4.22. The molecule has 0 spiro atoms. The minimum absolute atomic E-state index is 0.0708. The maximum Gasteiger partial charge on any atom is 0.406 e. The quantitative estimate of drug-likeness (QED) is 0.850. The number of alkyl halides is 3. The summed E-state index contributed by atoms with van der Waals surface area (Å²) in [6, 6.07) is 4.28. The molecule has 0 saturated heterocycles. The molecule has 3 rings (SSSR count). The van der Waals surface area contributed by atoms with Crippen molar-refractivity contribution in [2.24, 2.45) is 5.92 Å². The molecule has 7 nitrogen and oxygen atoms in total. The fraction of sp³-hybridized carbons (Fsp3) is 0.438. The second-order valence-corrected chi connectivity index (χ2v) is 6.25. The lowest BCUT2D eigenvalue weighted by Crippen LogP contribution is -2.54. The number of carbonyl (C=O) groups excluding carboxylic acids is 2. The highest BCUT2D eigenvalue weighted by Gasteiger charge is 2.44. The maximum absolute atomic E-state index is 13.0. The standard InChI is InChI=1S/C16H16F3N3O4/c17-16(18,19)8-22-12-4-2-1-3-11(12)21(13(23)9-5-6-9)7-10(14(22)24)20-15(25)26/h1-4,9-10,20H,5-8H2,(H,25,26)/t10-/m0/s1. The summed E-state index contributed by atoms with van der Waals surface area (Å²) in [4.78, 5) is 37.9. The smallest absolute Gasteiger partial charge is 0.406 e. The van der Waals surface area contributed by atoms with E-state index in [1.54, 1.807) is 6.07 Å². The summed E-state index contributed by atoms with van der Waals surface area (Å²) in [6.07, 6.45) is -4.92. The topological polar surface area (TPSA) is 89.9 Å². The van der Waals surface area contributed by atoms with Crippen molar-refractivity contribution in [1.82, 2.24) is 5.32 Å². The van der Waals surface area contributed by atoms with Crippen LogP contribution < -0.4 is 15.1 Å². The summed E-state index contributed by atoms with van der Waals surface area (Å²) in [7, 11) is 0. The number of carbonyl (C=O) groups is 3. The van der Waals surface area contributed by atoms with Gasteiger partial charge in [0.15, 0.2) is 0 Å². The molecule has 1 saturated carbocycles. The Kier molecular flexibility index (Phi) is 4.51. The van der Waals surface area contributed by atoms with Crippen molar-refractivity contribution in [3.63, 3.8) is 0 Å². The van der Waals surface area contributed by atoms with E-state index in [0.717, 1.165) is 0 Å². The van der Waals surface area contributed by atoms with Gasteiger partial charge in [0.05, 0.1) is 17.9 Å². The van der Waals surface area contributed by atoms with E-state index in [1.165, 1.54) is 23.1 Å². The lowest BCUT2D eigenvalue weighted by atomic mass is 10.2. The number of rotatable bonds is 3. The van der Waals surface area contributed by atoms with Gasteiger partial charge < -0.3 is 15.3 Å². The first-order valence-electron chi connectivity index (χ1n) is 7.95. The van der Waals surface area contributed by atoms with Crippen LogP contribution in [0.3, 0.4) is 0 Å². The Labute approximate surface area is 146 Å². The number of hydrogen-bond donors (Lipinski definition) is 2. The van der Waals surface area contributed by atoms with Gasteiger partial charge in [-0.3, -0.25) is 14.5 Å². The summed E-state index contributed by atoms with van der Waals surface area (Å²) >= 11 is 0. The van der Waals surface area contributed by atoms with Gasteiger partial charge in [0.25, 0.3) is 5.91 Å². The maximum atomic E-state index is 13.0. The van der Waals surface area contributed by atoms with Crippen molar-refractivity contribution >= 4 is 29.3 Å². The molecule has 26 heavy (non-hydrogen) atoms. The highest BCUT2D eigenvalue weighted by molar-refractivity contribution is 6.08. The number of anilines is 2. The molecule has 1 aromatic rings. The Morgan fingerprint density at radius 3 is 2.35 bits per heavy atom. The molecular formula is C16H16F3N3O4. The summed E-state index contributed by atoms with van der Waals surface area (Å²) < 4.78 is 39.0. The van der Waals surface area contributed by atoms with Crippen molar-refractivity contribution in [3.05, 3.63) is 24.3 Å². The number of hydrogen-bond acceptors (Lipinski definition) is 3. The van der Waals surface area contributed by atoms with Gasteiger partial charge in [0, 0.05) is 5.92 Å². The lowest BCUT2D eigenvalue weighted by Gasteiger charge is -2.26. The SMILES string of the molecule is O=C(O)N[C@H]1CN(C(=O)C2CC2)c2ccccc2N(CC(F)(F)F)C1=O. The molecule has 0 radical (unpaired) electrons. The molecule has 1 heterocycles. The van der Waals surface area contributed by atoms with Crippen molar-refractivity contribution in [2.75, 3.05) is 22.9 Å². The molecule has 1 atom stereocenters. The zero-order valence-electron chi connectivity index (χ0n) is 13.5. The molecule has 1 aromatic carbocycles. The van der Waals surface area contributed by atoms with Gasteiger partial charge in [-0.1, -0.05) is 12.1 Å². The molecule has 0 aromatic heterocycles. The number of carboxylic acid groups (broad SMARTS) is 1. The number of fused-ring (bicyclic) bond motifs is 1. The van der Waals surface area contributed by atoms with Gasteiger partial charge in [-0.15, -0.1) is 0 Å². The Morgan fingerprint density at radius 2 is 1.81 bits per heavy atom. The second kappa shape index (κ2) is 6.50. The number of nitrogens with one attached hydrogen (secondary N) is 1. The molecule has 2 N–H and O–H groups in total. The molecule has 1 fully saturated rings. The Balaban J connectivity index is 2.07. The molecule has 2 aliphatic rings. The van der Waals surface area contributed by atoms with Gasteiger partial charge in [-0.2, -0.15) is 13.2 Å². The van der Waals surface area contributed by atoms with E-state index < -0.39 is 30.8 Å². The van der Waals surface area contributed by atoms with E-state index in [1.807, 2.05) is 5.32 Å². The first-order valence-corrected chi connectivity index (χ1v) is 7.95. The molecule has 0 bridgehead atoms. The van der Waals surface area contributed by atoms with Crippen LogP contribution in [0.5, 0.6) is 0 Å². The third-order valence-electron chi connectivity index (χ3n) is 4.22. The lowest BCUT2D eigenvalue weighted by molar-refractivity contribution is -0.133. The summed E-state index contributed by atoms with van der Waals surface area (Å²) in [5, 5.41) is 10.9. The van der Waals surface area contributed by atoms with Gasteiger partial charge in [0.1, 0.15) is 12.6 Å². The van der Waals surface area contributed by atoms with Crippen LogP contribution in [-0.4, -0.2) is 48.3 Å². The average Bonchev–Trinajstić information content (AvgIpc) is 3.39. The number of amides is 3. The molecular weight excluding hydrogens is 355 g/mol. The molecule has 1 aliphatic heterocycles. The zero-order chi connectivity index (χ0) is 19.1. The van der Waals surface area contributed by atoms with Crippen LogP contribution in [0.1, 0.15) is 12.8 Å². The summed E-state index contributed by atoms with van der Waals surface area (Å²) in [5.74, 6) is -1.63. The second-order valence-electron chi connectivity index (χ2n) is 6.25. The third kappa shape index (κ3) is 3.73. The van der Waals surface area contributed by atoms with Crippen molar-refractivity contribution < 1.29 is 32.7 Å². The Morgan fingerprint density at radius 1 is 1.19 bits per heavy atom. The van der Waals surface area contributed by atoms with Crippen LogP contribution in [0.15, 0.2) is 24.3 Å². The van der Waals surface area contributed by atoms with Gasteiger partial charge in [0.2, 0.25) is 5.91 Å². The number of nitrogens with zero attached hydrogens (tertiary/aromatic N) is 2. The van der Waals surface area contributed by atoms with E-state index >= 15 is 0 Å². The van der Waals surface area contributed by atoms with Gasteiger partial charge >= 0.3 is 12.3 Å². The fourth-order valence-corrected chi connectivity index (χ4v) is 2.94. The summed E-state index contributed by atoms with van der Waals surface area (Å²) in [6.45, 7) is -1.93. The highest BCUT2D eigenvalue weighted by Crippen LogP contribution is 2.39. The minimum Gasteiger partial charge on any atom is -0.465 e. The summed E-state index contributed by atoms with van der Waals surface area (Å²) in [5.41, 5.74) is 0.0928. The van der Waals surface area contributed by atoms with Crippen LogP contribution in [0, 0.1) is 5.92 Å². The fourth-order valence-electron chi connectivity index (χ4n) is 2.94. The van der Waals surface area contributed by atoms with Gasteiger partial charge in [-0.25, -0.2) is 4.79 Å². The predicted octanol–water partition coefficient (Wildman–Crippen LogP) is 1.97. The van der Waals surface area contributed by atoms with Crippen molar-refractivity contribution in [3.8, 4) is 0 Å². The number of halogens is 3. The van der Waals surface area contributed by atoms with E-state index in [9.17, 15) is 27.6 Å². The number of para-hydroxylation sites is 2. The van der Waals surface area contributed by atoms with Crippen molar-refractivity contribution in [1.29, 1.82) is 0 Å². The Hall–Kier alpha value is -2.78. The average molecular weight is 371 g/mol. The molecule has 140 valence electrons.